The largest absolute Gasteiger partial charge is 0.465 e. The minimum absolute atomic E-state index is 0.0769. The predicted molar refractivity (Wildman–Crippen MR) is 75.4 cm³/mol. The molecule has 0 radical (unpaired) electrons. The zero-order valence-corrected chi connectivity index (χ0v) is 12.2. The molecule has 1 amide bonds. The van der Waals surface area contributed by atoms with Crippen molar-refractivity contribution < 1.29 is 13.9 Å². The van der Waals surface area contributed by atoms with Crippen molar-refractivity contribution in [3.8, 4) is 0 Å². The number of ether oxygens (including phenoxy) is 1. The van der Waals surface area contributed by atoms with Gasteiger partial charge in [-0.25, -0.2) is 4.79 Å². The highest BCUT2D eigenvalue weighted by molar-refractivity contribution is 5.67. The molecule has 0 bridgehead atoms. The zero-order valence-electron chi connectivity index (χ0n) is 12.2. The van der Waals surface area contributed by atoms with E-state index in [9.17, 15) is 4.79 Å². The third kappa shape index (κ3) is 3.32. The first-order chi connectivity index (χ1) is 9.65. The van der Waals surface area contributed by atoms with Gasteiger partial charge in [-0.2, -0.15) is 0 Å². The zero-order chi connectivity index (χ0) is 14.5. The SMILES string of the molecule is CCOC(=O)N1CCN(C(CN)c2ccc(C)o2)CC1. The van der Waals surface area contributed by atoms with Gasteiger partial charge in [-0.3, -0.25) is 4.90 Å². The summed E-state index contributed by atoms with van der Waals surface area (Å²) >= 11 is 0. The predicted octanol–water partition coefficient (Wildman–Crippen LogP) is 1.36. The summed E-state index contributed by atoms with van der Waals surface area (Å²) in [4.78, 5) is 15.7. The number of carbonyl (C=O) groups excluding carboxylic acids is 1. The Hall–Kier alpha value is -1.53. The Balaban J connectivity index is 1.93. The molecule has 1 aromatic heterocycles. The first-order valence-corrected chi connectivity index (χ1v) is 7.07. The number of piperazine rings is 1. The summed E-state index contributed by atoms with van der Waals surface area (Å²) in [7, 11) is 0. The molecule has 1 atom stereocenters. The molecule has 0 saturated carbocycles. The molecule has 0 aliphatic carbocycles. The Morgan fingerprint density at radius 3 is 2.60 bits per heavy atom. The van der Waals surface area contributed by atoms with Gasteiger partial charge in [0, 0.05) is 32.7 Å². The molecule has 2 rings (SSSR count). The fourth-order valence-corrected chi connectivity index (χ4v) is 2.51. The lowest BCUT2D eigenvalue weighted by Gasteiger charge is -2.37. The highest BCUT2D eigenvalue weighted by Gasteiger charge is 2.28. The van der Waals surface area contributed by atoms with Crippen LogP contribution < -0.4 is 5.73 Å². The molecule has 20 heavy (non-hydrogen) atoms. The number of furan rings is 1. The summed E-state index contributed by atoms with van der Waals surface area (Å²) in [6.45, 7) is 7.54. The third-order valence-electron chi connectivity index (χ3n) is 3.59. The van der Waals surface area contributed by atoms with Gasteiger partial charge in [-0.15, -0.1) is 0 Å². The van der Waals surface area contributed by atoms with Crippen molar-refractivity contribution >= 4 is 6.09 Å². The van der Waals surface area contributed by atoms with E-state index in [1.807, 2.05) is 26.0 Å². The Morgan fingerprint density at radius 1 is 1.40 bits per heavy atom. The molecule has 1 aromatic rings. The quantitative estimate of drug-likeness (QED) is 0.902. The van der Waals surface area contributed by atoms with E-state index in [0.29, 0.717) is 26.2 Å². The molecule has 1 aliphatic rings. The third-order valence-corrected chi connectivity index (χ3v) is 3.59. The van der Waals surface area contributed by atoms with E-state index >= 15 is 0 Å². The van der Waals surface area contributed by atoms with Crippen molar-refractivity contribution in [3.63, 3.8) is 0 Å². The van der Waals surface area contributed by atoms with Gasteiger partial charge in [-0.1, -0.05) is 0 Å². The van der Waals surface area contributed by atoms with Crippen LogP contribution in [0.25, 0.3) is 0 Å². The lowest BCUT2D eigenvalue weighted by Crippen LogP contribution is -2.50. The van der Waals surface area contributed by atoms with Crippen molar-refractivity contribution in [2.75, 3.05) is 39.3 Å². The fourth-order valence-electron chi connectivity index (χ4n) is 2.51. The summed E-state index contributed by atoms with van der Waals surface area (Å²) in [5.74, 6) is 1.79. The normalized spacial score (nSPS) is 18.1. The van der Waals surface area contributed by atoms with Crippen LogP contribution in [-0.2, 0) is 4.74 Å². The van der Waals surface area contributed by atoms with Crippen LogP contribution in [0.15, 0.2) is 16.5 Å². The van der Waals surface area contributed by atoms with Crippen LogP contribution in [-0.4, -0.2) is 55.2 Å². The van der Waals surface area contributed by atoms with Crippen LogP contribution in [0, 0.1) is 6.92 Å². The smallest absolute Gasteiger partial charge is 0.409 e. The van der Waals surface area contributed by atoms with E-state index in [2.05, 4.69) is 4.90 Å². The van der Waals surface area contributed by atoms with Gasteiger partial charge < -0.3 is 19.8 Å². The molecule has 1 saturated heterocycles. The topological polar surface area (TPSA) is 71.9 Å². The van der Waals surface area contributed by atoms with Crippen molar-refractivity contribution in [1.29, 1.82) is 0 Å². The highest BCUT2D eigenvalue weighted by Crippen LogP contribution is 2.23. The molecular formula is C14H23N3O3. The maximum Gasteiger partial charge on any atom is 0.409 e. The number of amides is 1. The molecular weight excluding hydrogens is 258 g/mol. The summed E-state index contributed by atoms with van der Waals surface area (Å²) in [5.41, 5.74) is 5.88. The lowest BCUT2D eigenvalue weighted by atomic mass is 10.1. The molecule has 2 N–H and O–H groups in total. The van der Waals surface area contributed by atoms with Crippen molar-refractivity contribution in [2.45, 2.75) is 19.9 Å². The van der Waals surface area contributed by atoms with E-state index in [4.69, 9.17) is 14.9 Å². The number of carbonyl (C=O) groups is 1. The van der Waals surface area contributed by atoms with Crippen LogP contribution in [0.5, 0.6) is 0 Å². The van der Waals surface area contributed by atoms with E-state index in [0.717, 1.165) is 24.6 Å². The van der Waals surface area contributed by atoms with Gasteiger partial charge in [0.25, 0.3) is 0 Å². The number of rotatable bonds is 4. The standard InChI is InChI=1S/C14H23N3O3/c1-3-19-14(18)17-8-6-16(7-9-17)12(10-15)13-5-4-11(2)20-13/h4-5,12H,3,6-10,15H2,1-2H3. The highest BCUT2D eigenvalue weighted by atomic mass is 16.6. The second-order valence-corrected chi connectivity index (χ2v) is 4.92. The van der Waals surface area contributed by atoms with Crippen molar-refractivity contribution in [1.82, 2.24) is 9.80 Å². The van der Waals surface area contributed by atoms with Crippen molar-refractivity contribution in [3.05, 3.63) is 23.7 Å². The Labute approximate surface area is 119 Å². The minimum atomic E-state index is -0.231. The van der Waals surface area contributed by atoms with Crippen LogP contribution >= 0.6 is 0 Å². The molecule has 1 aliphatic heterocycles. The number of aryl methyl sites for hydroxylation is 1. The number of hydrogen-bond acceptors (Lipinski definition) is 5. The second kappa shape index (κ2) is 6.76. The Bertz CT molecular complexity index is 439. The molecule has 1 unspecified atom stereocenters. The van der Waals surface area contributed by atoms with Gasteiger partial charge in [0.1, 0.15) is 11.5 Å². The second-order valence-electron chi connectivity index (χ2n) is 4.92. The molecule has 6 heteroatoms. The van der Waals surface area contributed by atoms with Crippen LogP contribution in [0.1, 0.15) is 24.5 Å². The lowest BCUT2D eigenvalue weighted by molar-refractivity contribution is 0.0632. The first kappa shape index (κ1) is 14.9. The van der Waals surface area contributed by atoms with E-state index < -0.39 is 0 Å². The summed E-state index contributed by atoms with van der Waals surface area (Å²) < 4.78 is 10.7. The van der Waals surface area contributed by atoms with Crippen LogP contribution in [0.2, 0.25) is 0 Å². The maximum atomic E-state index is 11.7. The summed E-state index contributed by atoms with van der Waals surface area (Å²) in [6.07, 6.45) is -0.231. The monoisotopic (exact) mass is 281 g/mol. The van der Waals surface area contributed by atoms with E-state index in [1.54, 1.807) is 4.90 Å². The Kier molecular flexibility index (Phi) is 5.03. The average molecular weight is 281 g/mol. The van der Waals surface area contributed by atoms with Gasteiger partial charge in [0.05, 0.1) is 12.6 Å². The number of hydrogen-bond donors (Lipinski definition) is 1. The van der Waals surface area contributed by atoms with Gasteiger partial charge in [0.2, 0.25) is 0 Å². The van der Waals surface area contributed by atoms with E-state index in [1.165, 1.54) is 0 Å². The van der Waals surface area contributed by atoms with Crippen molar-refractivity contribution in [2.24, 2.45) is 5.73 Å². The molecule has 6 nitrogen and oxygen atoms in total. The van der Waals surface area contributed by atoms with Gasteiger partial charge in [-0.05, 0) is 26.0 Å². The van der Waals surface area contributed by atoms with Crippen LogP contribution in [0.3, 0.4) is 0 Å². The first-order valence-electron chi connectivity index (χ1n) is 7.07. The minimum Gasteiger partial charge on any atom is -0.465 e. The maximum absolute atomic E-state index is 11.7. The molecule has 1 fully saturated rings. The van der Waals surface area contributed by atoms with Gasteiger partial charge >= 0.3 is 6.09 Å². The van der Waals surface area contributed by atoms with Gasteiger partial charge in [0.15, 0.2) is 0 Å². The average Bonchev–Trinajstić information content (AvgIpc) is 2.87. The fraction of sp³-hybridized carbons (Fsp3) is 0.643. The van der Waals surface area contributed by atoms with Crippen LogP contribution in [0.4, 0.5) is 4.79 Å². The van der Waals surface area contributed by atoms with E-state index in [-0.39, 0.29) is 12.1 Å². The molecule has 0 spiro atoms. The number of nitrogens with zero attached hydrogens (tertiary/aromatic N) is 2. The molecule has 0 aromatic carbocycles. The molecule has 2 heterocycles. The Morgan fingerprint density at radius 2 is 2.10 bits per heavy atom. The number of nitrogens with two attached hydrogens (primary N) is 1. The summed E-state index contributed by atoms with van der Waals surface area (Å²) in [6, 6.07) is 4.00. The molecule has 112 valence electrons. The summed E-state index contributed by atoms with van der Waals surface area (Å²) in [5, 5.41) is 0.